The zero-order chi connectivity index (χ0) is 20.4. The molecule has 0 unspecified atom stereocenters. The van der Waals surface area contributed by atoms with Crippen molar-refractivity contribution in [2.24, 2.45) is 0 Å². The maximum Gasteiger partial charge on any atom is 0.226 e. The molecule has 0 spiro atoms. The fourth-order valence-electron chi connectivity index (χ4n) is 3.03. The number of anilines is 2. The van der Waals surface area contributed by atoms with Crippen LogP contribution in [-0.2, 0) is 6.54 Å². The van der Waals surface area contributed by atoms with Gasteiger partial charge in [0.2, 0.25) is 5.95 Å². The maximum absolute atomic E-state index is 4.68. The van der Waals surface area contributed by atoms with E-state index < -0.39 is 0 Å². The van der Waals surface area contributed by atoms with Gasteiger partial charge in [0.1, 0.15) is 0 Å². The first kappa shape index (κ1) is 19.3. The Kier molecular flexibility index (Phi) is 5.44. The average Bonchev–Trinajstić information content (AvgIpc) is 3.36. The Morgan fingerprint density at radius 3 is 2.59 bits per heavy atom. The van der Waals surface area contributed by atoms with Crippen LogP contribution in [0.4, 0.5) is 11.8 Å². The number of hydrogen-bond donors (Lipinski definition) is 2. The fraction of sp³-hybridized carbons (Fsp3) is 0.333. The van der Waals surface area contributed by atoms with Gasteiger partial charge in [-0.25, -0.2) is 4.98 Å². The summed E-state index contributed by atoms with van der Waals surface area (Å²) < 4.78 is 2.06. The summed E-state index contributed by atoms with van der Waals surface area (Å²) in [6, 6.07) is 8.77. The van der Waals surface area contributed by atoms with Gasteiger partial charge >= 0.3 is 0 Å². The van der Waals surface area contributed by atoms with E-state index in [0.29, 0.717) is 12.5 Å². The van der Waals surface area contributed by atoms with Crippen molar-refractivity contribution in [2.75, 3.05) is 10.6 Å². The molecule has 0 bridgehead atoms. The Morgan fingerprint density at radius 1 is 1.07 bits per heavy atom. The predicted molar refractivity (Wildman–Crippen MR) is 119 cm³/mol. The Bertz CT molecular complexity index is 1080. The van der Waals surface area contributed by atoms with Crippen LogP contribution in [0.2, 0.25) is 0 Å². The van der Waals surface area contributed by atoms with Gasteiger partial charge < -0.3 is 15.2 Å². The number of nitrogens with one attached hydrogen (secondary N) is 2. The number of pyridine rings is 1. The zero-order valence-electron chi connectivity index (χ0n) is 17.0. The van der Waals surface area contributed by atoms with Crippen LogP contribution in [0.3, 0.4) is 0 Å². The molecule has 0 aliphatic rings. The summed E-state index contributed by atoms with van der Waals surface area (Å²) in [6.07, 6.45) is 3.73. The van der Waals surface area contributed by atoms with E-state index in [2.05, 4.69) is 86.4 Å². The number of rotatable bonds is 7. The van der Waals surface area contributed by atoms with Crippen molar-refractivity contribution >= 4 is 34.3 Å². The number of thiophene rings is 1. The lowest BCUT2D eigenvalue weighted by atomic mass is 10.2. The highest BCUT2D eigenvalue weighted by Gasteiger charge is 2.15. The lowest BCUT2D eigenvalue weighted by molar-refractivity contribution is 0.612. The molecule has 0 amide bonds. The lowest BCUT2D eigenvalue weighted by Gasteiger charge is -2.13. The van der Waals surface area contributed by atoms with Gasteiger partial charge in [-0.05, 0) is 50.8 Å². The van der Waals surface area contributed by atoms with Gasteiger partial charge in [0, 0.05) is 24.8 Å². The van der Waals surface area contributed by atoms with Crippen molar-refractivity contribution in [3.8, 4) is 10.6 Å². The molecule has 0 aliphatic carbocycles. The fourth-order valence-corrected chi connectivity index (χ4v) is 3.73. The van der Waals surface area contributed by atoms with Gasteiger partial charge in [0.25, 0.3) is 0 Å². The first-order valence-electron chi connectivity index (χ1n) is 9.75. The molecule has 0 saturated heterocycles. The lowest BCUT2D eigenvalue weighted by Crippen LogP contribution is -2.14. The summed E-state index contributed by atoms with van der Waals surface area (Å²) in [5.74, 6) is 1.32. The van der Waals surface area contributed by atoms with Crippen LogP contribution < -0.4 is 10.6 Å². The third-order valence-electron chi connectivity index (χ3n) is 4.45. The van der Waals surface area contributed by atoms with E-state index in [1.807, 2.05) is 18.6 Å². The Hall–Kier alpha value is -3.00. The van der Waals surface area contributed by atoms with Gasteiger partial charge in [0.15, 0.2) is 17.0 Å². The molecule has 2 N–H and O–H groups in total. The third kappa shape index (κ3) is 4.22. The van der Waals surface area contributed by atoms with Crippen LogP contribution in [0.1, 0.15) is 39.3 Å². The SMILES string of the molecule is CC(C)Nc1nc(NCc2ccc(-c3cccs3)nc2)c2ncn(C(C)C)c2n1. The van der Waals surface area contributed by atoms with Gasteiger partial charge in [-0.1, -0.05) is 12.1 Å². The van der Waals surface area contributed by atoms with Crippen molar-refractivity contribution in [3.63, 3.8) is 0 Å². The van der Waals surface area contributed by atoms with Gasteiger partial charge in [0.05, 0.1) is 16.9 Å². The van der Waals surface area contributed by atoms with E-state index in [9.17, 15) is 0 Å². The van der Waals surface area contributed by atoms with E-state index >= 15 is 0 Å². The normalized spacial score (nSPS) is 11.5. The van der Waals surface area contributed by atoms with Crippen molar-refractivity contribution in [1.29, 1.82) is 0 Å². The van der Waals surface area contributed by atoms with Crippen LogP contribution in [0.25, 0.3) is 21.7 Å². The summed E-state index contributed by atoms with van der Waals surface area (Å²) in [5, 5.41) is 8.78. The molecule has 0 fully saturated rings. The molecular weight excluding hydrogens is 382 g/mol. The number of aromatic nitrogens is 5. The monoisotopic (exact) mass is 407 g/mol. The number of nitrogens with zero attached hydrogens (tertiary/aromatic N) is 5. The summed E-state index contributed by atoms with van der Waals surface area (Å²) in [4.78, 5) is 19.6. The molecule has 150 valence electrons. The first-order chi connectivity index (χ1) is 14.0. The third-order valence-corrected chi connectivity index (χ3v) is 5.35. The van der Waals surface area contributed by atoms with Crippen LogP contribution in [0, 0.1) is 0 Å². The maximum atomic E-state index is 4.68. The molecule has 4 heterocycles. The molecule has 0 aliphatic heterocycles. The second kappa shape index (κ2) is 8.16. The predicted octanol–water partition coefficient (Wildman–Crippen LogP) is 4.96. The van der Waals surface area contributed by atoms with Crippen LogP contribution in [-0.4, -0.2) is 30.5 Å². The molecule has 0 radical (unpaired) electrons. The van der Waals surface area contributed by atoms with E-state index in [-0.39, 0.29) is 12.1 Å². The molecule has 29 heavy (non-hydrogen) atoms. The topological polar surface area (TPSA) is 80.5 Å². The standard InChI is InChI=1S/C21H25N7S/c1-13(2)25-21-26-19(18-20(27-21)28(12-24-18)14(3)4)23-11-15-7-8-16(22-10-15)17-6-5-9-29-17/h5-10,12-14H,11H2,1-4H3,(H2,23,25,26,27). The minimum absolute atomic E-state index is 0.240. The van der Waals surface area contributed by atoms with E-state index in [4.69, 9.17) is 0 Å². The Labute approximate surface area is 174 Å². The molecular formula is C21H25N7S. The summed E-state index contributed by atoms with van der Waals surface area (Å²) >= 11 is 1.69. The van der Waals surface area contributed by atoms with Gasteiger partial charge in [-0.2, -0.15) is 9.97 Å². The smallest absolute Gasteiger partial charge is 0.226 e. The van der Waals surface area contributed by atoms with Gasteiger partial charge in [-0.15, -0.1) is 11.3 Å². The second-order valence-electron chi connectivity index (χ2n) is 7.50. The molecule has 4 aromatic heterocycles. The van der Waals surface area contributed by atoms with Crippen LogP contribution >= 0.6 is 11.3 Å². The molecule has 7 nitrogen and oxygen atoms in total. The summed E-state index contributed by atoms with van der Waals surface area (Å²) in [6.45, 7) is 8.99. The van der Waals surface area contributed by atoms with Crippen LogP contribution in [0.5, 0.6) is 0 Å². The number of hydrogen-bond acceptors (Lipinski definition) is 7. The van der Waals surface area contributed by atoms with Crippen LogP contribution in [0.15, 0.2) is 42.2 Å². The van der Waals surface area contributed by atoms with Gasteiger partial charge in [-0.3, -0.25) is 4.98 Å². The summed E-state index contributed by atoms with van der Waals surface area (Å²) in [7, 11) is 0. The van der Waals surface area contributed by atoms with E-state index in [1.54, 1.807) is 11.3 Å². The highest BCUT2D eigenvalue weighted by atomic mass is 32.1. The molecule has 4 aromatic rings. The molecule has 0 saturated carbocycles. The highest BCUT2D eigenvalue weighted by Crippen LogP contribution is 2.25. The first-order valence-corrected chi connectivity index (χ1v) is 10.6. The minimum Gasteiger partial charge on any atom is -0.364 e. The second-order valence-corrected chi connectivity index (χ2v) is 8.44. The number of fused-ring (bicyclic) bond motifs is 1. The zero-order valence-corrected chi connectivity index (χ0v) is 17.9. The highest BCUT2D eigenvalue weighted by molar-refractivity contribution is 7.13. The average molecular weight is 408 g/mol. The molecule has 0 aromatic carbocycles. The summed E-state index contributed by atoms with van der Waals surface area (Å²) in [5.41, 5.74) is 3.67. The van der Waals surface area contributed by atoms with Crippen molar-refractivity contribution in [1.82, 2.24) is 24.5 Å². The Morgan fingerprint density at radius 2 is 1.93 bits per heavy atom. The minimum atomic E-state index is 0.240. The number of imidazole rings is 1. The van der Waals surface area contributed by atoms with E-state index in [1.165, 1.54) is 4.88 Å². The van der Waals surface area contributed by atoms with Crippen molar-refractivity contribution in [2.45, 2.75) is 46.3 Å². The quantitative estimate of drug-likeness (QED) is 0.450. The molecule has 0 atom stereocenters. The molecule has 8 heteroatoms. The van der Waals surface area contributed by atoms with Crippen molar-refractivity contribution in [3.05, 3.63) is 47.7 Å². The van der Waals surface area contributed by atoms with Crippen molar-refractivity contribution < 1.29 is 0 Å². The largest absolute Gasteiger partial charge is 0.364 e. The molecule has 4 rings (SSSR count). The Balaban J connectivity index is 1.59. The van der Waals surface area contributed by atoms with E-state index in [0.717, 1.165) is 28.2 Å².